The van der Waals surface area contributed by atoms with Crippen molar-refractivity contribution in [2.24, 2.45) is 4.99 Å². The van der Waals surface area contributed by atoms with Gasteiger partial charge in [0.2, 0.25) is 0 Å². The molecule has 0 aromatic heterocycles. The van der Waals surface area contributed by atoms with Crippen LogP contribution in [-0.2, 0) is 0 Å². The van der Waals surface area contributed by atoms with Gasteiger partial charge in [-0.05, 0) is 18.2 Å². The molecule has 108 valence electrons. The number of benzene rings is 2. The largest absolute Gasteiger partial charge is 0.493 e. The third kappa shape index (κ3) is 3.36. The highest BCUT2D eigenvalue weighted by molar-refractivity contribution is 5.87. The van der Waals surface area contributed by atoms with E-state index in [4.69, 9.17) is 9.47 Å². The van der Waals surface area contributed by atoms with Crippen molar-refractivity contribution in [3.05, 3.63) is 58.1 Å². The Morgan fingerprint density at radius 2 is 1.81 bits per heavy atom. The van der Waals surface area contributed by atoms with Crippen LogP contribution in [0.3, 0.4) is 0 Å². The van der Waals surface area contributed by atoms with E-state index in [1.165, 1.54) is 19.4 Å². The molecule has 6 heteroatoms. The van der Waals surface area contributed by atoms with Gasteiger partial charge < -0.3 is 9.47 Å². The molecular formula is C15H14N2O4. The zero-order chi connectivity index (χ0) is 15.2. The molecule has 2 aromatic carbocycles. The highest BCUT2D eigenvalue weighted by atomic mass is 16.6. The molecule has 2 aromatic rings. The number of hydrogen-bond acceptors (Lipinski definition) is 5. The predicted octanol–water partition coefficient (Wildman–Crippen LogP) is 3.36. The minimum Gasteiger partial charge on any atom is -0.493 e. The molecule has 21 heavy (non-hydrogen) atoms. The van der Waals surface area contributed by atoms with Crippen LogP contribution in [0, 0.1) is 10.1 Å². The number of nitrogens with zero attached hydrogens (tertiary/aromatic N) is 2. The number of aliphatic imine (C=N–C) groups is 1. The van der Waals surface area contributed by atoms with E-state index in [-0.39, 0.29) is 5.69 Å². The molecule has 0 atom stereocenters. The lowest BCUT2D eigenvalue weighted by Gasteiger charge is -2.07. The molecule has 0 N–H and O–H groups in total. The topological polar surface area (TPSA) is 74.0 Å². The van der Waals surface area contributed by atoms with Crippen LogP contribution in [0.5, 0.6) is 11.5 Å². The quantitative estimate of drug-likeness (QED) is 0.480. The monoisotopic (exact) mass is 286 g/mol. The first-order valence-electron chi connectivity index (χ1n) is 6.15. The number of hydrogen-bond donors (Lipinski definition) is 0. The molecule has 0 heterocycles. The maximum Gasteiger partial charge on any atom is 0.278 e. The SMILES string of the molecule is COc1ccc(N=Cc2ccccc2[N+](=O)[O-])cc1OC. The van der Waals surface area contributed by atoms with Crippen LogP contribution in [0.15, 0.2) is 47.5 Å². The van der Waals surface area contributed by atoms with Crippen molar-refractivity contribution in [1.82, 2.24) is 0 Å². The van der Waals surface area contributed by atoms with E-state index >= 15 is 0 Å². The fourth-order valence-electron chi connectivity index (χ4n) is 1.81. The van der Waals surface area contributed by atoms with E-state index in [0.717, 1.165) is 0 Å². The van der Waals surface area contributed by atoms with Crippen LogP contribution in [-0.4, -0.2) is 25.4 Å². The van der Waals surface area contributed by atoms with Gasteiger partial charge >= 0.3 is 0 Å². The highest BCUT2D eigenvalue weighted by Gasteiger charge is 2.10. The van der Waals surface area contributed by atoms with E-state index in [0.29, 0.717) is 22.7 Å². The summed E-state index contributed by atoms with van der Waals surface area (Å²) >= 11 is 0. The molecule has 0 saturated heterocycles. The van der Waals surface area contributed by atoms with E-state index in [1.54, 1.807) is 43.5 Å². The van der Waals surface area contributed by atoms with Crippen LogP contribution in [0.2, 0.25) is 0 Å². The van der Waals surface area contributed by atoms with E-state index in [9.17, 15) is 10.1 Å². The summed E-state index contributed by atoms with van der Waals surface area (Å²) in [5, 5.41) is 10.9. The maximum absolute atomic E-state index is 10.9. The number of para-hydroxylation sites is 1. The Hall–Kier alpha value is -2.89. The molecule has 0 aliphatic rings. The standard InChI is InChI=1S/C15H14N2O4/c1-20-14-8-7-12(9-15(14)21-2)16-10-11-5-3-4-6-13(11)17(18)19/h3-10H,1-2H3. The third-order valence-corrected chi connectivity index (χ3v) is 2.85. The lowest BCUT2D eigenvalue weighted by atomic mass is 10.2. The first-order chi connectivity index (χ1) is 10.2. The van der Waals surface area contributed by atoms with E-state index < -0.39 is 4.92 Å². The second-order valence-corrected chi connectivity index (χ2v) is 4.11. The first-order valence-corrected chi connectivity index (χ1v) is 6.15. The molecule has 2 rings (SSSR count). The second-order valence-electron chi connectivity index (χ2n) is 4.11. The van der Waals surface area contributed by atoms with Crippen molar-refractivity contribution < 1.29 is 14.4 Å². The predicted molar refractivity (Wildman–Crippen MR) is 79.9 cm³/mol. The number of ether oxygens (including phenoxy) is 2. The van der Waals surface area contributed by atoms with Crippen LogP contribution in [0.4, 0.5) is 11.4 Å². The van der Waals surface area contributed by atoms with Gasteiger partial charge in [-0.1, -0.05) is 12.1 Å². The van der Waals surface area contributed by atoms with Crippen molar-refractivity contribution in [3.63, 3.8) is 0 Å². The number of nitro benzene ring substituents is 1. The maximum atomic E-state index is 10.9. The molecule has 0 radical (unpaired) electrons. The summed E-state index contributed by atoms with van der Waals surface area (Å²) in [5.74, 6) is 1.15. The molecule has 0 aliphatic heterocycles. The van der Waals surface area contributed by atoms with Gasteiger partial charge in [-0.15, -0.1) is 0 Å². The van der Waals surface area contributed by atoms with Gasteiger partial charge in [0.25, 0.3) is 5.69 Å². The van der Waals surface area contributed by atoms with Crippen molar-refractivity contribution in [1.29, 1.82) is 0 Å². The third-order valence-electron chi connectivity index (χ3n) is 2.85. The summed E-state index contributed by atoms with van der Waals surface area (Å²) in [7, 11) is 3.08. The molecule has 0 aliphatic carbocycles. The average Bonchev–Trinajstić information content (AvgIpc) is 2.52. The van der Waals surface area contributed by atoms with E-state index in [2.05, 4.69) is 4.99 Å². The van der Waals surface area contributed by atoms with Crippen molar-refractivity contribution >= 4 is 17.6 Å². The summed E-state index contributed by atoms with van der Waals surface area (Å²) < 4.78 is 10.3. The molecule has 0 bridgehead atoms. The van der Waals surface area contributed by atoms with Gasteiger partial charge in [-0.2, -0.15) is 0 Å². The van der Waals surface area contributed by atoms with Gasteiger partial charge in [0.05, 0.1) is 30.4 Å². The summed E-state index contributed by atoms with van der Waals surface area (Å²) in [6, 6.07) is 11.6. The number of rotatable bonds is 5. The van der Waals surface area contributed by atoms with Crippen molar-refractivity contribution in [3.8, 4) is 11.5 Å². The van der Waals surface area contributed by atoms with Crippen molar-refractivity contribution in [2.75, 3.05) is 14.2 Å². The first kappa shape index (κ1) is 14.5. The molecule has 0 amide bonds. The van der Waals surface area contributed by atoms with Crippen LogP contribution >= 0.6 is 0 Å². The van der Waals surface area contributed by atoms with Gasteiger partial charge in [-0.25, -0.2) is 0 Å². The summed E-state index contributed by atoms with van der Waals surface area (Å²) in [5.41, 5.74) is 1.07. The number of methoxy groups -OCH3 is 2. The lowest BCUT2D eigenvalue weighted by molar-refractivity contribution is -0.385. The Labute approximate surface area is 121 Å². The van der Waals surface area contributed by atoms with Gasteiger partial charge in [0, 0.05) is 18.3 Å². The Bertz CT molecular complexity index is 683. The minimum absolute atomic E-state index is 0.0155. The van der Waals surface area contributed by atoms with Gasteiger partial charge in [-0.3, -0.25) is 15.1 Å². The van der Waals surface area contributed by atoms with Crippen LogP contribution in [0.1, 0.15) is 5.56 Å². The van der Waals surface area contributed by atoms with Gasteiger partial charge in [0.1, 0.15) is 0 Å². The fourth-order valence-corrected chi connectivity index (χ4v) is 1.81. The molecular weight excluding hydrogens is 272 g/mol. The van der Waals surface area contributed by atoms with Crippen LogP contribution < -0.4 is 9.47 Å². The summed E-state index contributed by atoms with van der Waals surface area (Å²) in [4.78, 5) is 14.7. The smallest absolute Gasteiger partial charge is 0.278 e. The zero-order valence-corrected chi connectivity index (χ0v) is 11.6. The fraction of sp³-hybridized carbons (Fsp3) is 0.133. The Kier molecular flexibility index (Phi) is 4.50. The number of nitro groups is 1. The average molecular weight is 286 g/mol. The Balaban J connectivity index is 2.32. The summed E-state index contributed by atoms with van der Waals surface area (Å²) in [6.45, 7) is 0. The normalized spacial score (nSPS) is 10.6. The molecule has 0 fully saturated rings. The Morgan fingerprint density at radius 1 is 1.10 bits per heavy atom. The highest BCUT2D eigenvalue weighted by Crippen LogP contribution is 2.31. The molecule has 6 nitrogen and oxygen atoms in total. The second kappa shape index (κ2) is 6.51. The van der Waals surface area contributed by atoms with Gasteiger partial charge in [0.15, 0.2) is 11.5 Å². The zero-order valence-electron chi connectivity index (χ0n) is 11.6. The minimum atomic E-state index is -0.435. The van der Waals surface area contributed by atoms with Crippen LogP contribution in [0.25, 0.3) is 0 Å². The summed E-state index contributed by atoms with van der Waals surface area (Å²) in [6.07, 6.45) is 1.46. The Morgan fingerprint density at radius 3 is 2.48 bits per heavy atom. The van der Waals surface area contributed by atoms with E-state index in [1.807, 2.05) is 0 Å². The molecule has 0 spiro atoms. The van der Waals surface area contributed by atoms with Crippen molar-refractivity contribution in [2.45, 2.75) is 0 Å². The molecule has 0 unspecified atom stereocenters. The lowest BCUT2D eigenvalue weighted by Crippen LogP contribution is -1.93. The molecule has 0 saturated carbocycles.